The average Bonchev–Trinajstić information content (AvgIpc) is 2.53. The van der Waals surface area contributed by atoms with Crippen molar-refractivity contribution in [2.45, 2.75) is 77.0 Å². The minimum Gasteiger partial charge on any atom is -0.459 e. The number of rotatable bonds is 1. The first-order valence-corrected chi connectivity index (χ1v) is 6.94. The Balaban J connectivity index is 1.94. The molecule has 98 valence electrons. The van der Waals surface area contributed by atoms with E-state index < -0.39 is 0 Å². The van der Waals surface area contributed by atoms with Crippen molar-refractivity contribution in [3.63, 3.8) is 0 Å². The number of ether oxygens (including phenoxy) is 1. The third-order valence-corrected chi connectivity index (χ3v) is 3.83. The Bertz CT molecular complexity index is 282. The van der Waals surface area contributed by atoms with E-state index in [1.54, 1.807) is 0 Å². The van der Waals surface area contributed by atoms with Gasteiger partial charge in [-0.3, -0.25) is 4.79 Å². The van der Waals surface area contributed by atoms with E-state index in [1.165, 1.54) is 25.7 Å². The van der Waals surface area contributed by atoms with Crippen LogP contribution in [0.2, 0.25) is 0 Å². The van der Waals surface area contributed by atoms with Crippen LogP contribution in [0.25, 0.3) is 0 Å². The molecule has 0 bridgehead atoms. The Hall–Kier alpha value is -0.570. The summed E-state index contributed by atoms with van der Waals surface area (Å²) in [6, 6.07) is 0.470. The Kier molecular flexibility index (Phi) is 3.76. The third kappa shape index (κ3) is 3.44. The van der Waals surface area contributed by atoms with Crippen LogP contribution in [-0.4, -0.2) is 23.7 Å². The topological polar surface area (TPSA) is 38.3 Å². The van der Waals surface area contributed by atoms with Gasteiger partial charge in [-0.15, -0.1) is 0 Å². The van der Waals surface area contributed by atoms with Crippen molar-refractivity contribution >= 4 is 5.97 Å². The first kappa shape index (κ1) is 12.9. The maximum atomic E-state index is 12.1. The van der Waals surface area contributed by atoms with E-state index >= 15 is 0 Å². The number of fused-ring (bicyclic) bond motifs is 1. The molecule has 17 heavy (non-hydrogen) atoms. The maximum Gasteiger partial charge on any atom is 0.323 e. The van der Waals surface area contributed by atoms with Crippen molar-refractivity contribution in [2.24, 2.45) is 5.92 Å². The van der Waals surface area contributed by atoms with E-state index in [2.05, 4.69) is 5.32 Å². The second kappa shape index (κ2) is 4.97. The van der Waals surface area contributed by atoms with Crippen LogP contribution in [0.4, 0.5) is 0 Å². The molecule has 1 aliphatic heterocycles. The molecule has 1 saturated carbocycles. The van der Waals surface area contributed by atoms with Crippen LogP contribution in [0, 0.1) is 5.92 Å². The Morgan fingerprint density at radius 3 is 2.41 bits per heavy atom. The zero-order chi connectivity index (χ0) is 12.5. The molecule has 0 aromatic heterocycles. The van der Waals surface area contributed by atoms with Crippen molar-refractivity contribution in [3.8, 4) is 0 Å². The van der Waals surface area contributed by atoms with Crippen LogP contribution in [0.3, 0.4) is 0 Å². The van der Waals surface area contributed by atoms with Crippen molar-refractivity contribution in [2.75, 3.05) is 0 Å². The largest absolute Gasteiger partial charge is 0.459 e. The molecule has 1 aliphatic carbocycles. The highest BCUT2D eigenvalue weighted by Gasteiger charge is 2.35. The molecule has 2 aliphatic rings. The molecule has 2 fully saturated rings. The van der Waals surface area contributed by atoms with Crippen LogP contribution in [0.1, 0.15) is 59.3 Å². The van der Waals surface area contributed by atoms with E-state index in [1.807, 2.05) is 20.8 Å². The second-order valence-corrected chi connectivity index (χ2v) is 6.48. The van der Waals surface area contributed by atoms with Gasteiger partial charge in [-0.05, 0) is 52.4 Å². The molecule has 3 heteroatoms. The summed E-state index contributed by atoms with van der Waals surface area (Å²) in [6.45, 7) is 5.79. The van der Waals surface area contributed by atoms with Gasteiger partial charge in [-0.1, -0.05) is 12.8 Å². The summed E-state index contributed by atoms with van der Waals surface area (Å²) >= 11 is 0. The monoisotopic (exact) mass is 239 g/mol. The zero-order valence-corrected chi connectivity index (χ0v) is 11.3. The summed E-state index contributed by atoms with van der Waals surface area (Å²) in [5.41, 5.74) is -0.375. The quantitative estimate of drug-likeness (QED) is 0.715. The van der Waals surface area contributed by atoms with Gasteiger partial charge in [0.15, 0.2) is 0 Å². The van der Waals surface area contributed by atoms with E-state index in [0.717, 1.165) is 18.8 Å². The van der Waals surface area contributed by atoms with Gasteiger partial charge in [-0.25, -0.2) is 0 Å². The Morgan fingerprint density at radius 2 is 1.76 bits per heavy atom. The summed E-state index contributed by atoms with van der Waals surface area (Å²) in [5.74, 6) is 0.729. The highest BCUT2D eigenvalue weighted by Crippen LogP contribution is 2.33. The predicted molar refractivity (Wildman–Crippen MR) is 67.7 cm³/mol. The van der Waals surface area contributed by atoms with Crippen LogP contribution < -0.4 is 5.32 Å². The Morgan fingerprint density at radius 1 is 1.12 bits per heavy atom. The number of hydrogen-bond donors (Lipinski definition) is 1. The summed E-state index contributed by atoms with van der Waals surface area (Å²) in [6.07, 6.45) is 7.23. The van der Waals surface area contributed by atoms with Gasteiger partial charge < -0.3 is 10.1 Å². The lowest BCUT2D eigenvalue weighted by Gasteiger charge is -2.26. The molecule has 1 unspecified atom stereocenters. The first-order valence-electron chi connectivity index (χ1n) is 6.94. The molecule has 0 amide bonds. The molecule has 2 rings (SSSR count). The van der Waals surface area contributed by atoms with Gasteiger partial charge in [0.25, 0.3) is 0 Å². The molecule has 3 atom stereocenters. The molecule has 3 nitrogen and oxygen atoms in total. The van der Waals surface area contributed by atoms with E-state index in [0.29, 0.717) is 6.04 Å². The van der Waals surface area contributed by atoms with E-state index in [9.17, 15) is 4.79 Å². The van der Waals surface area contributed by atoms with Gasteiger partial charge in [0.2, 0.25) is 0 Å². The highest BCUT2D eigenvalue weighted by molar-refractivity contribution is 5.76. The molecular formula is C14H25NO2. The zero-order valence-electron chi connectivity index (χ0n) is 11.3. The summed E-state index contributed by atoms with van der Waals surface area (Å²) in [7, 11) is 0. The lowest BCUT2D eigenvalue weighted by atomic mass is 9.99. The number of esters is 1. The lowest BCUT2D eigenvalue weighted by Crippen LogP contribution is -2.45. The third-order valence-electron chi connectivity index (χ3n) is 3.83. The number of hydrogen-bond acceptors (Lipinski definition) is 3. The minimum atomic E-state index is -0.375. The van der Waals surface area contributed by atoms with Gasteiger partial charge >= 0.3 is 5.97 Å². The fourth-order valence-electron chi connectivity index (χ4n) is 3.09. The number of carbonyl (C=O) groups is 1. The molecule has 0 radical (unpaired) electrons. The molecule has 1 N–H and O–H groups in total. The minimum absolute atomic E-state index is 0.0648. The summed E-state index contributed by atoms with van der Waals surface area (Å²) in [5, 5.41) is 3.53. The van der Waals surface area contributed by atoms with Crippen LogP contribution >= 0.6 is 0 Å². The SMILES string of the molecule is CC(C)(C)OC(=O)C1CCC[C@H]2CCC[C@H]2N1. The second-order valence-electron chi connectivity index (χ2n) is 6.48. The van der Waals surface area contributed by atoms with Crippen molar-refractivity contribution in [1.82, 2.24) is 5.32 Å². The molecule has 0 aromatic rings. The van der Waals surface area contributed by atoms with Crippen molar-refractivity contribution in [1.29, 1.82) is 0 Å². The van der Waals surface area contributed by atoms with Crippen molar-refractivity contribution < 1.29 is 9.53 Å². The Labute approximate surface area is 104 Å². The van der Waals surface area contributed by atoms with Gasteiger partial charge in [-0.2, -0.15) is 0 Å². The molecule has 1 heterocycles. The lowest BCUT2D eigenvalue weighted by molar-refractivity contribution is -0.157. The van der Waals surface area contributed by atoms with E-state index in [4.69, 9.17) is 4.74 Å². The fourth-order valence-corrected chi connectivity index (χ4v) is 3.09. The molecule has 1 saturated heterocycles. The predicted octanol–water partition coefficient (Wildman–Crippen LogP) is 2.64. The molecular weight excluding hydrogens is 214 g/mol. The maximum absolute atomic E-state index is 12.1. The molecule has 0 spiro atoms. The van der Waals surface area contributed by atoms with Crippen LogP contribution in [0.15, 0.2) is 0 Å². The average molecular weight is 239 g/mol. The standard InChI is InChI=1S/C14H25NO2/c1-14(2,3)17-13(16)12-9-5-7-10-6-4-8-11(10)15-12/h10-12,15H,4-9H2,1-3H3/t10-,11-,12?/m1/s1. The van der Waals surface area contributed by atoms with Crippen LogP contribution in [-0.2, 0) is 9.53 Å². The fraction of sp³-hybridized carbons (Fsp3) is 0.929. The van der Waals surface area contributed by atoms with Crippen molar-refractivity contribution in [3.05, 3.63) is 0 Å². The first-order chi connectivity index (χ1) is 7.96. The van der Waals surface area contributed by atoms with Gasteiger partial charge in [0, 0.05) is 6.04 Å². The smallest absolute Gasteiger partial charge is 0.323 e. The number of nitrogens with one attached hydrogen (secondary N) is 1. The number of carbonyl (C=O) groups excluding carboxylic acids is 1. The van der Waals surface area contributed by atoms with E-state index in [-0.39, 0.29) is 17.6 Å². The molecule has 0 aromatic carbocycles. The van der Waals surface area contributed by atoms with Gasteiger partial charge in [0.05, 0.1) is 0 Å². The van der Waals surface area contributed by atoms with Crippen LogP contribution in [0.5, 0.6) is 0 Å². The van der Waals surface area contributed by atoms with Gasteiger partial charge in [0.1, 0.15) is 11.6 Å². The normalized spacial score (nSPS) is 33.9. The summed E-state index contributed by atoms with van der Waals surface area (Å²) in [4.78, 5) is 12.1. The summed E-state index contributed by atoms with van der Waals surface area (Å²) < 4.78 is 5.48. The highest BCUT2D eigenvalue weighted by atomic mass is 16.6.